The number of nitrogens with one attached hydrogen (secondary N) is 1. The summed E-state index contributed by atoms with van der Waals surface area (Å²) in [5.74, 6) is 0. The summed E-state index contributed by atoms with van der Waals surface area (Å²) >= 11 is 5.53. The van der Waals surface area contributed by atoms with Gasteiger partial charge >= 0.3 is 6.18 Å². The molecule has 1 N–H and O–H groups in total. The van der Waals surface area contributed by atoms with Crippen molar-refractivity contribution in [3.8, 4) is 0 Å². The van der Waals surface area contributed by atoms with Crippen molar-refractivity contribution in [3.63, 3.8) is 0 Å². The molecule has 1 aliphatic rings. The van der Waals surface area contributed by atoms with Gasteiger partial charge < -0.3 is 4.90 Å². The number of alkyl halides is 3. The van der Waals surface area contributed by atoms with E-state index in [1.54, 1.807) is 0 Å². The van der Waals surface area contributed by atoms with Crippen molar-refractivity contribution >= 4 is 21.6 Å². The summed E-state index contributed by atoms with van der Waals surface area (Å²) in [4.78, 5) is 1.82. The van der Waals surface area contributed by atoms with E-state index in [1.165, 1.54) is 0 Å². The molecular weight excluding hydrogens is 365 g/mol. The molecule has 0 aromatic heterocycles. The maximum atomic E-state index is 12.9. The molecule has 0 amide bonds. The molecule has 24 heavy (non-hydrogen) atoms. The first-order chi connectivity index (χ1) is 11.1. The third-order valence-electron chi connectivity index (χ3n) is 4.00. The number of hydrogen-bond donors (Lipinski definition) is 1. The molecular formula is C15H20ClF3N2O2S. The fraction of sp³-hybridized carbons (Fsp3) is 0.600. The molecule has 4 nitrogen and oxygen atoms in total. The summed E-state index contributed by atoms with van der Waals surface area (Å²) in [6, 6.07) is 2.36. The molecule has 0 saturated carbocycles. The van der Waals surface area contributed by atoms with Crippen molar-refractivity contribution in [2.75, 3.05) is 19.6 Å². The van der Waals surface area contributed by atoms with E-state index in [-0.39, 0.29) is 6.04 Å². The Balaban J connectivity index is 2.11. The Morgan fingerprint density at radius 2 is 1.92 bits per heavy atom. The summed E-state index contributed by atoms with van der Waals surface area (Å²) in [7, 11) is -4.02. The quantitative estimate of drug-likeness (QED) is 0.845. The van der Waals surface area contributed by atoms with E-state index in [9.17, 15) is 21.6 Å². The molecule has 2 rings (SSSR count). The minimum Gasteiger partial charge on any atom is -0.303 e. The standard InChI is InChI=1S/C15H20ClF3N2O2S/c1-2-7-21-8-5-11(6-9-21)20-24(22,23)12-3-4-14(16)13(10-12)15(17,18)19/h3-4,10-11,20H,2,5-9H2,1H3. The lowest BCUT2D eigenvalue weighted by Crippen LogP contribution is -2.44. The molecule has 0 bridgehead atoms. The Labute approximate surface area is 145 Å². The maximum Gasteiger partial charge on any atom is 0.417 e. The van der Waals surface area contributed by atoms with Gasteiger partial charge in [-0.15, -0.1) is 0 Å². The van der Waals surface area contributed by atoms with E-state index in [0.717, 1.165) is 38.2 Å². The number of hydrogen-bond acceptors (Lipinski definition) is 3. The molecule has 1 fully saturated rings. The Morgan fingerprint density at radius 1 is 1.29 bits per heavy atom. The topological polar surface area (TPSA) is 49.4 Å². The smallest absolute Gasteiger partial charge is 0.303 e. The molecule has 0 aliphatic carbocycles. The van der Waals surface area contributed by atoms with Crippen molar-refractivity contribution in [2.45, 2.75) is 43.3 Å². The van der Waals surface area contributed by atoms with Gasteiger partial charge in [-0.25, -0.2) is 13.1 Å². The number of sulfonamides is 1. The summed E-state index contributed by atoms with van der Waals surface area (Å²) < 4.78 is 65.9. The van der Waals surface area contributed by atoms with Gasteiger partial charge in [-0.3, -0.25) is 0 Å². The summed E-state index contributed by atoms with van der Waals surface area (Å²) in [6.07, 6.45) is -2.40. The van der Waals surface area contributed by atoms with E-state index in [2.05, 4.69) is 16.5 Å². The monoisotopic (exact) mass is 384 g/mol. The van der Waals surface area contributed by atoms with Crippen LogP contribution in [0.2, 0.25) is 5.02 Å². The number of benzene rings is 1. The second kappa shape index (κ2) is 7.59. The normalized spacial score (nSPS) is 18.0. The number of halogens is 4. The third kappa shape index (κ3) is 4.84. The second-order valence-electron chi connectivity index (χ2n) is 5.88. The highest BCUT2D eigenvalue weighted by molar-refractivity contribution is 7.89. The first kappa shape index (κ1) is 19.5. The van der Waals surface area contributed by atoms with Gasteiger partial charge in [0.2, 0.25) is 10.0 Å². The molecule has 1 aromatic rings. The molecule has 0 unspecified atom stereocenters. The van der Waals surface area contributed by atoms with E-state index in [0.29, 0.717) is 18.9 Å². The van der Waals surface area contributed by atoms with E-state index in [1.807, 2.05) is 0 Å². The Bertz CT molecular complexity index is 672. The van der Waals surface area contributed by atoms with Crippen molar-refractivity contribution in [2.24, 2.45) is 0 Å². The van der Waals surface area contributed by atoms with Gasteiger partial charge in [0.1, 0.15) is 0 Å². The molecule has 1 heterocycles. The van der Waals surface area contributed by atoms with Crippen LogP contribution in [-0.2, 0) is 16.2 Å². The minimum atomic E-state index is -4.70. The van der Waals surface area contributed by atoms with Crippen molar-refractivity contribution in [3.05, 3.63) is 28.8 Å². The first-order valence-electron chi connectivity index (χ1n) is 7.75. The van der Waals surface area contributed by atoms with Crippen molar-refractivity contribution < 1.29 is 21.6 Å². The molecule has 9 heteroatoms. The zero-order chi connectivity index (χ0) is 18.0. The molecule has 0 atom stereocenters. The lowest BCUT2D eigenvalue weighted by molar-refractivity contribution is -0.137. The van der Waals surface area contributed by atoms with Gasteiger partial charge in [-0.1, -0.05) is 18.5 Å². The van der Waals surface area contributed by atoms with Crippen molar-refractivity contribution in [1.82, 2.24) is 9.62 Å². The van der Waals surface area contributed by atoms with E-state index in [4.69, 9.17) is 11.6 Å². The lowest BCUT2D eigenvalue weighted by atomic mass is 10.1. The highest BCUT2D eigenvalue weighted by Crippen LogP contribution is 2.36. The third-order valence-corrected chi connectivity index (χ3v) is 5.85. The van der Waals surface area contributed by atoms with Crippen LogP contribution in [0.3, 0.4) is 0 Å². The van der Waals surface area contributed by atoms with Gasteiger partial charge in [0.05, 0.1) is 15.5 Å². The Hall–Kier alpha value is -0.830. The summed E-state index contributed by atoms with van der Waals surface area (Å²) in [5, 5.41) is -0.519. The molecule has 1 aliphatic heterocycles. The van der Waals surface area contributed by atoms with Crippen LogP contribution < -0.4 is 4.72 Å². The van der Waals surface area contributed by atoms with Crippen LogP contribution in [0.4, 0.5) is 13.2 Å². The average Bonchev–Trinajstić information content (AvgIpc) is 2.48. The predicted octanol–water partition coefficient (Wildman–Crippen LogP) is 3.51. The van der Waals surface area contributed by atoms with Gasteiger partial charge in [0.25, 0.3) is 0 Å². The number of likely N-dealkylation sites (tertiary alicyclic amines) is 1. The molecule has 136 valence electrons. The number of piperidine rings is 1. The first-order valence-corrected chi connectivity index (χ1v) is 9.61. The number of rotatable bonds is 5. The SMILES string of the molecule is CCCN1CCC(NS(=O)(=O)c2ccc(Cl)c(C(F)(F)F)c2)CC1. The molecule has 0 spiro atoms. The van der Waals surface area contributed by atoms with Crippen LogP contribution in [0.25, 0.3) is 0 Å². The number of nitrogens with zero attached hydrogens (tertiary/aromatic N) is 1. The highest BCUT2D eigenvalue weighted by atomic mass is 35.5. The van der Waals surface area contributed by atoms with Crippen LogP contribution >= 0.6 is 11.6 Å². The van der Waals surface area contributed by atoms with E-state index >= 15 is 0 Å². The molecule has 1 saturated heterocycles. The lowest BCUT2D eigenvalue weighted by Gasteiger charge is -2.31. The Morgan fingerprint density at radius 3 is 2.46 bits per heavy atom. The van der Waals surface area contributed by atoms with Crippen LogP contribution in [0.15, 0.2) is 23.1 Å². The fourth-order valence-electron chi connectivity index (χ4n) is 2.77. The van der Waals surface area contributed by atoms with Gasteiger partial charge in [0, 0.05) is 6.04 Å². The largest absolute Gasteiger partial charge is 0.417 e. The zero-order valence-electron chi connectivity index (χ0n) is 13.2. The fourth-order valence-corrected chi connectivity index (χ4v) is 4.32. The van der Waals surface area contributed by atoms with Crippen LogP contribution in [0.1, 0.15) is 31.7 Å². The molecule has 1 aromatic carbocycles. The zero-order valence-corrected chi connectivity index (χ0v) is 14.8. The predicted molar refractivity (Wildman–Crippen MR) is 86.5 cm³/mol. The molecule has 0 radical (unpaired) electrons. The van der Waals surface area contributed by atoms with E-state index < -0.39 is 31.7 Å². The van der Waals surface area contributed by atoms with Crippen molar-refractivity contribution in [1.29, 1.82) is 0 Å². The Kier molecular flexibility index (Phi) is 6.17. The van der Waals surface area contributed by atoms with Gasteiger partial charge in [0.15, 0.2) is 0 Å². The van der Waals surface area contributed by atoms with Crippen LogP contribution in [-0.4, -0.2) is 39.0 Å². The second-order valence-corrected chi connectivity index (χ2v) is 8.00. The van der Waals surface area contributed by atoms with Gasteiger partial charge in [-0.05, 0) is 57.1 Å². The average molecular weight is 385 g/mol. The minimum absolute atomic E-state index is 0.270. The highest BCUT2D eigenvalue weighted by Gasteiger charge is 2.35. The van der Waals surface area contributed by atoms with Crippen LogP contribution in [0.5, 0.6) is 0 Å². The summed E-state index contributed by atoms with van der Waals surface area (Å²) in [5.41, 5.74) is -1.15. The maximum absolute atomic E-state index is 12.9. The van der Waals surface area contributed by atoms with Gasteiger partial charge in [-0.2, -0.15) is 13.2 Å². The summed E-state index contributed by atoms with van der Waals surface area (Å²) in [6.45, 7) is 4.59. The van der Waals surface area contributed by atoms with Crippen LogP contribution in [0, 0.1) is 0 Å².